The van der Waals surface area contributed by atoms with Crippen LogP contribution in [-0.4, -0.2) is 49.0 Å². The van der Waals surface area contributed by atoms with Gasteiger partial charge in [0.05, 0.1) is 0 Å². The Balaban J connectivity index is 1.37. The molecular weight excluding hydrogens is 434 g/mol. The molecule has 1 aliphatic heterocycles. The molecule has 0 spiro atoms. The van der Waals surface area contributed by atoms with Gasteiger partial charge in [0, 0.05) is 18.7 Å². The molecule has 182 valence electrons. The number of amides is 1. The SMILES string of the molecule is NC(=NC(Cc1ccccc1)C(=O)NCCCN1CCCC1)Nc1ccc(-c2ccccc2)cc1. The molecule has 4 rings (SSSR count). The fraction of sp³-hybridized carbons (Fsp3) is 0.310. The molecule has 1 atom stereocenters. The van der Waals surface area contributed by atoms with Gasteiger partial charge in [-0.15, -0.1) is 0 Å². The molecule has 1 fully saturated rings. The summed E-state index contributed by atoms with van der Waals surface area (Å²) in [5, 5.41) is 6.20. The van der Waals surface area contributed by atoms with E-state index in [1.165, 1.54) is 25.9 Å². The number of hydrogen-bond donors (Lipinski definition) is 3. The van der Waals surface area contributed by atoms with Crippen LogP contribution in [0.1, 0.15) is 24.8 Å². The summed E-state index contributed by atoms with van der Waals surface area (Å²) in [7, 11) is 0. The summed E-state index contributed by atoms with van der Waals surface area (Å²) in [6.45, 7) is 4.01. The first-order valence-electron chi connectivity index (χ1n) is 12.5. The molecule has 35 heavy (non-hydrogen) atoms. The fourth-order valence-corrected chi connectivity index (χ4v) is 4.40. The molecule has 1 saturated heterocycles. The highest BCUT2D eigenvalue weighted by atomic mass is 16.2. The molecule has 0 bridgehead atoms. The second kappa shape index (κ2) is 12.7. The van der Waals surface area contributed by atoms with Gasteiger partial charge in [-0.3, -0.25) is 4.79 Å². The van der Waals surface area contributed by atoms with Crippen LogP contribution in [0.3, 0.4) is 0 Å². The lowest BCUT2D eigenvalue weighted by molar-refractivity contribution is -0.122. The van der Waals surface area contributed by atoms with Gasteiger partial charge in [0.25, 0.3) is 0 Å². The van der Waals surface area contributed by atoms with Crippen LogP contribution in [0, 0.1) is 0 Å². The Bertz CT molecular complexity index is 1080. The lowest BCUT2D eigenvalue weighted by Crippen LogP contribution is -2.38. The summed E-state index contributed by atoms with van der Waals surface area (Å²) < 4.78 is 0. The molecule has 1 heterocycles. The van der Waals surface area contributed by atoms with Crippen molar-refractivity contribution in [2.24, 2.45) is 10.7 Å². The van der Waals surface area contributed by atoms with Gasteiger partial charge in [-0.25, -0.2) is 4.99 Å². The van der Waals surface area contributed by atoms with Crippen LogP contribution < -0.4 is 16.4 Å². The van der Waals surface area contributed by atoms with E-state index in [0.29, 0.717) is 13.0 Å². The van der Waals surface area contributed by atoms with Gasteiger partial charge in [0.15, 0.2) is 5.96 Å². The van der Waals surface area contributed by atoms with E-state index in [2.05, 4.69) is 32.7 Å². The molecule has 1 amide bonds. The number of aliphatic imine (C=N–C) groups is 1. The van der Waals surface area contributed by atoms with Crippen LogP contribution >= 0.6 is 0 Å². The third kappa shape index (κ3) is 7.69. The van der Waals surface area contributed by atoms with Crippen molar-refractivity contribution in [3.8, 4) is 11.1 Å². The van der Waals surface area contributed by atoms with Gasteiger partial charge in [0.1, 0.15) is 6.04 Å². The standard InChI is InChI=1S/C29H35N5O/c30-29(32-26-16-14-25(15-17-26)24-12-5-2-6-13-24)33-27(22-23-10-3-1-4-11-23)28(35)31-18-9-21-34-19-7-8-20-34/h1-6,10-17,27H,7-9,18-22H2,(H,31,35)(H3,30,32,33). The zero-order valence-electron chi connectivity index (χ0n) is 20.2. The summed E-state index contributed by atoms with van der Waals surface area (Å²) in [6.07, 6.45) is 3.99. The van der Waals surface area contributed by atoms with Crippen molar-refractivity contribution in [3.05, 3.63) is 90.5 Å². The van der Waals surface area contributed by atoms with Crippen molar-refractivity contribution in [2.45, 2.75) is 31.7 Å². The number of likely N-dealkylation sites (tertiary alicyclic amines) is 1. The van der Waals surface area contributed by atoms with E-state index in [4.69, 9.17) is 5.73 Å². The molecule has 0 aromatic heterocycles. The molecule has 3 aromatic rings. The summed E-state index contributed by atoms with van der Waals surface area (Å²) >= 11 is 0. The van der Waals surface area contributed by atoms with E-state index < -0.39 is 6.04 Å². The smallest absolute Gasteiger partial charge is 0.245 e. The van der Waals surface area contributed by atoms with Crippen LogP contribution in [0.5, 0.6) is 0 Å². The number of guanidine groups is 1. The van der Waals surface area contributed by atoms with Crippen molar-refractivity contribution in [1.82, 2.24) is 10.2 Å². The van der Waals surface area contributed by atoms with E-state index >= 15 is 0 Å². The number of rotatable bonds is 10. The largest absolute Gasteiger partial charge is 0.370 e. The maximum Gasteiger partial charge on any atom is 0.245 e. The van der Waals surface area contributed by atoms with Crippen LogP contribution in [0.25, 0.3) is 11.1 Å². The number of anilines is 1. The van der Waals surface area contributed by atoms with Crippen molar-refractivity contribution < 1.29 is 4.79 Å². The number of benzene rings is 3. The van der Waals surface area contributed by atoms with E-state index in [1.54, 1.807) is 0 Å². The summed E-state index contributed by atoms with van der Waals surface area (Å²) in [5.74, 6) is 0.130. The summed E-state index contributed by atoms with van der Waals surface area (Å²) in [5.41, 5.74) is 10.4. The molecule has 0 saturated carbocycles. The average molecular weight is 470 g/mol. The average Bonchev–Trinajstić information content (AvgIpc) is 3.41. The highest BCUT2D eigenvalue weighted by molar-refractivity contribution is 5.95. The molecule has 3 aromatic carbocycles. The van der Waals surface area contributed by atoms with Crippen molar-refractivity contribution in [1.29, 1.82) is 0 Å². The third-order valence-electron chi connectivity index (χ3n) is 6.28. The minimum Gasteiger partial charge on any atom is -0.370 e. The minimum atomic E-state index is -0.597. The zero-order valence-corrected chi connectivity index (χ0v) is 20.2. The van der Waals surface area contributed by atoms with Crippen LogP contribution in [-0.2, 0) is 11.2 Å². The predicted octanol–water partition coefficient (Wildman–Crippen LogP) is 4.29. The third-order valence-corrected chi connectivity index (χ3v) is 6.28. The quantitative estimate of drug-likeness (QED) is 0.235. The van der Waals surface area contributed by atoms with Gasteiger partial charge >= 0.3 is 0 Å². The zero-order chi connectivity index (χ0) is 24.3. The van der Waals surface area contributed by atoms with Crippen LogP contribution in [0.2, 0.25) is 0 Å². The van der Waals surface area contributed by atoms with E-state index in [1.807, 2.05) is 72.8 Å². The second-order valence-electron chi connectivity index (χ2n) is 8.98. The van der Waals surface area contributed by atoms with Gasteiger partial charge < -0.3 is 21.3 Å². The van der Waals surface area contributed by atoms with Crippen LogP contribution in [0.15, 0.2) is 89.9 Å². The Hall–Kier alpha value is -3.64. The molecule has 6 nitrogen and oxygen atoms in total. The number of carbonyl (C=O) groups excluding carboxylic acids is 1. The van der Waals surface area contributed by atoms with Crippen molar-refractivity contribution >= 4 is 17.6 Å². The molecule has 0 radical (unpaired) electrons. The Morgan fingerprint density at radius 3 is 2.20 bits per heavy atom. The van der Waals surface area contributed by atoms with E-state index in [0.717, 1.165) is 35.3 Å². The van der Waals surface area contributed by atoms with Gasteiger partial charge in [-0.1, -0.05) is 72.8 Å². The van der Waals surface area contributed by atoms with Gasteiger partial charge in [-0.05, 0) is 67.7 Å². The topological polar surface area (TPSA) is 82.7 Å². The first kappa shape index (κ1) is 24.5. The van der Waals surface area contributed by atoms with Crippen molar-refractivity contribution in [3.63, 3.8) is 0 Å². The maximum atomic E-state index is 13.0. The monoisotopic (exact) mass is 469 g/mol. The maximum absolute atomic E-state index is 13.0. The number of nitrogens with zero attached hydrogens (tertiary/aromatic N) is 2. The highest BCUT2D eigenvalue weighted by Crippen LogP contribution is 2.21. The number of nitrogens with two attached hydrogens (primary N) is 1. The molecule has 6 heteroatoms. The second-order valence-corrected chi connectivity index (χ2v) is 8.98. The Morgan fingerprint density at radius 1 is 0.886 bits per heavy atom. The molecule has 0 aliphatic carbocycles. The van der Waals surface area contributed by atoms with E-state index in [-0.39, 0.29) is 11.9 Å². The van der Waals surface area contributed by atoms with Gasteiger partial charge in [-0.2, -0.15) is 0 Å². The molecule has 1 aliphatic rings. The minimum absolute atomic E-state index is 0.0977. The first-order chi connectivity index (χ1) is 17.2. The lowest BCUT2D eigenvalue weighted by Gasteiger charge is -2.17. The highest BCUT2D eigenvalue weighted by Gasteiger charge is 2.19. The van der Waals surface area contributed by atoms with Crippen LogP contribution in [0.4, 0.5) is 5.69 Å². The Morgan fingerprint density at radius 2 is 1.51 bits per heavy atom. The van der Waals surface area contributed by atoms with E-state index in [9.17, 15) is 4.79 Å². The molecule has 1 unspecified atom stereocenters. The van der Waals surface area contributed by atoms with Gasteiger partial charge in [0.2, 0.25) is 5.91 Å². The Kier molecular flexibility index (Phi) is 8.90. The lowest BCUT2D eigenvalue weighted by atomic mass is 10.1. The number of carbonyl (C=O) groups is 1. The summed E-state index contributed by atoms with van der Waals surface area (Å²) in [6, 6.07) is 27.6. The number of nitrogens with one attached hydrogen (secondary N) is 2. The number of hydrogen-bond acceptors (Lipinski definition) is 3. The molecular formula is C29H35N5O. The summed E-state index contributed by atoms with van der Waals surface area (Å²) in [4.78, 5) is 20.0. The van der Waals surface area contributed by atoms with Crippen molar-refractivity contribution in [2.75, 3.05) is 31.5 Å². The fourth-order valence-electron chi connectivity index (χ4n) is 4.40. The normalized spacial score (nSPS) is 15.0. The predicted molar refractivity (Wildman–Crippen MR) is 144 cm³/mol. The Labute approximate surface area is 208 Å². The first-order valence-corrected chi connectivity index (χ1v) is 12.5. The molecule has 4 N–H and O–H groups in total.